The van der Waals surface area contributed by atoms with Gasteiger partial charge in [0.2, 0.25) is 0 Å². The fraction of sp³-hybridized carbons (Fsp3) is 0.538. The Hall–Kier alpha value is 0.817. The zero-order valence-corrected chi connectivity index (χ0v) is 16.7. The normalized spacial score (nSPS) is 12.9. The molecule has 0 aromatic heterocycles. The molecule has 0 saturated heterocycles. The summed E-state index contributed by atoms with van der Waals surface area (Å²) in [7, 11) is 0. The van der Waals surface area contributed by atoms with Crippen LogP contribution in [0.2, 0.25) is 29.6 Å². The Kier molecular flexibility index (Phi) is 4.61. The van der Waals surface area contributed by atoms with Crippen LogP contribution >= 0.6 is 0 Å². The van der Waals surface area contributed by atoms with Crippen molar-refractivity contribution in [3.63, 3.8) is 0 Å². The van der Waals surface area contributed by atoms with Crippen molar-refractivity contribution in [3.8, 4) is 0 Å². The van der Waals surface area contributed by atoms with Crippen molar-refractivity contribution in [1.29, 1.82) is 0 Å². The zero-order chi connectivity index (χ0) is 11.7. The van der Waals surface area contributed by atoms with E-state index >= 15 is 0 Å². The molecule has 0 aliphatic heterocycles. The number of hydrogen-bond donors (Lipinski definition) is 0. The second-order valence-corrected chi connectivity index (χ2v) is 36.7. The van der Waals surface area contributed by atoms with Gasteiger partial charge in [-0.3, -0.25) is 0 Å². The van der Waals surface area contributed by atoms with Crippen LogP contribution in [0.4, 0.5) is 0 Å². The van der Waals surface area contributed by atoms with Crippen molar-refractivity contribution >= 4 is 40.3 Å². The predicted molar refractivity (Wildman–Crippen MR) is 76.5 cm³/mol. The van der Waals surface area contributed by atoms with Crippen molar-refractivity contribution in [2.75, 3.05) is 0 Å². The summed E-state index contributed by atoms with van der Waals surface area (Å²) < 4.78 is 3.16. The van der Waals surface area contributed by atoms with E-state index in [2.05, 4.69) is 53.9 Å². The maximum atomic E-state index is 2.53. The maximum absolute atomic E-state index is 2.53. The first-order valence-electron chi connectivity index (χ1n) is 5.78. The summed E-state index contributed by atoms with van der Waals surface area (Å²) in [6, 6.07) is 9.20. The van der Waals surface area contributed by atoms with Gasteiger partial charge in [-0.05, 0) is 0 Å². The SMILES string of the molecule is [CH3][Sn]([CH3])([CH3])[CH2]c1cccc[c]1[Sn]([CH3])([CH3])[CH3]. The molecule has 0 radical (unpaired) electrons. The molecule has 1 rings (SSSR count). The van der Waals surface area contributed by atoms with E-state index < -0.39 is 36.8 Å². The first kappa shape index (κ1) is 13.9. The van der Waals surface area contributed by atoms with Crippen LogP contribution in [-0.2, 0) is 4.44 Å². The van der Waals surface area contributed by atoms with E-state index in [0.29, 0.717) is 0 Å². The molecule has 0 saturated carbocycles. The quantitative estimate of drug-likeness (QED) is 0.659. The standard InChI is InChI=1S/C7H6.6CH3.2Sn/c1-7-5-3-2-4-6-7;;;;;;;;/h2-5H,1H2;6*1H3;;. The molecule has 0 atom stereocenters. The summed E-state index contributed by atoms with van der Waals surface area (Å²) in [5.41, 5.74) is 1.68. The van der Waals surface area contributed by atoms with Crippen LogP contribution < -0.4 is 3.58 Å². The van der Waals surface area contributed by atoms with Crippen molar-refractivity contribution in [2.24, 2.45) is 0 Å². The van der Waals surface area contributed by atoms with Crippen molar-refractivity contribution in [2.45, 2.75) is 34.1 Å². The van der Waals surface area contributed by atoms with E-state index in [0.717, 1.165) is 0 Å². The van der Waals surface area contributed by atoms with Gasteiger partial charge in [0.25, 0.3) is 0 Å². The molecule has 0 spiro atoms. The fourth-order valence-electron chi connectivity index (χ4n) is 1.98. The van der Waals surface area contributed by atoms with E-state index in [1.165, 1.54) is 4.44 Å². The van der Waals surface area contributed by atoms with Crippen molar-refractivity contribution < 1.29 is 0 Å². The second-order valence-electron chi connectivity index (χ2n) is 6.64. The summed E-state index contributed by atoms with van der Waals surface area (Å²) in [5, 5.41) is 0. The summed E-state index contributed by atoms with van der Waals surface area (Å²) in [6.07, 6.45) is 0. The zero-order valence-electron chi connectivity index (χ0n) is 11.0. The molecule has 15 heavy (non-hydrogen) atoms. The minimum atomic E-state index is -1.88. The van der Waals surface area contributed by atoms with Gasteiger partial charge >= 0.3 is 104 Å². The van der Waals surface area contributed by atoms with E-state index in [4.69, 9.17) is 0 Å². The molecule has 1 aromatic carbocycles. The first-order chi connectivity index (χ1) is 6.70. The van der Waals surface area contributed by atoms with Gasteiger partial charge in [-0.25, -0.2) is 0 Å². The molecular weight excluding hydrogens is 394 g/mol. The summed E-state index contributed by atoms with van der Waals surface area (Å²) in [6.45, 7) is 0. The summed E-state index contributed by atoms with van der Waals surface area (Å²) in [4.78, 5) is 15.2. The first-order valence-corrected chi connectivity index (χ1v) is 26.4. The Bertz CT molecular complexity index is 329. The van der Waals surface area contributed by atoms with Gasteiger partial charge in [0.15, 0.2) is 0 Å². The molecule has 0 amide bonds. The molecule has 0 aliphatic rings. The molecule has 1 aromatic rings. The molecule has 0 N–H and O–H groups in total. The number of rotatable bonds is 3. The average Bonchev–Trinajstić information content (AvgIpc) is 1.99. The number of hydrogen-bond acceptors (Lipinski definition) is 0. The van der Waals surface area contributed by atoms with Gasteiger partial charge < -0.3 is 0 Å². The third-order valence-electron chi connectivity index (χ3n) is 2.55. The van der Waals surface area contributed by atoms with Gasteiger partial charge in [-0.15, -0.1) is 0 Å². The Morgan fingerprint density at radius 2 is 1.40 bits per heavy atom. The van der Waals surface area contributed by atoms with Crippen molar-refractivity contribution in [3.05, 3.63) is 29.8 Å². The minimum absolute atomic E-state index is 1.42. The van der Waals surface area contributed by atoms with Crippen LogP contribution in [0.3, 0.4) is 0 Å². The monoisotopic (exact) mass is 420 g/mol. The Labute approximate surface area is 103 Å². The van der Waals surface area contributed by atoms with Crippen molar-refractivity contribution in [1.82, 2.24) is 0 Å². The topological polar surface area (TPSA) is 0 Å². The predicted octanol–water partition coefficient (Wildman–Crippen LogP) is 3.65. The van der Waals surface area contributed by atoms with E-state index in [-0.39, 0.29) is 0 Å². The van der Waals surface area contributed by atoms with Crippen LogP contribution in [-0.4, -0.2) is 36.8 Å². The van der Waals surface area contributed by atoms with Crippen LogP contribution in [0.5, 0.6) is 0 Å². The van der Waals surface area contributed by atoms with E-state index in [9.17, 15) is 0 Å². The van der Waals surface area contributed by atoms with Gasteiger partial charge in [-0.1, -0.05) is 0 Å². The van der Waals surface area contributed by atoms with E-state index in [1.54, 1.807) is 9.14 Å². The fourth-order valence-corrected chi connectivity index (χ4v) is 12.5. The van der Waals surface area contributed by atoms with Crippen LogP contribution in [0.1, 0.15) is 5.56 Å². The number of benzene rings is 1. The average molecular weight is 418 g/mol. The summed E-state index contributed by atoms with van der Waals surface area (Å²) in [5.74, 6) is 0. The van der Waals surface area contributed by atoms with Gasteiger partial charge in [0.05, 0.1) is 0 Å². The van der Waals surface area contributed by atoms with E-state index in [1.807, 2.05) is 0 Å². The molecular formula is C13H24Sn2. The third kappa shape index (κ3) is 4.68. The summed E-state index contributed by atoms with van der Waals surface area (Å²) >= 11 is -3.55. The molecule has 0 unspecified atom stereocenters. The molecule has 0 heterocycles. The Balaban J connectivity index is 3.08. The Morgan fingerprint density at radius 3 is 1.87 bits per heavy atom. The van der Waals surface area contributed by atoms with Gasteiger partial charge in [0, 0.05) is 0 Å². The molecule has 0 aliphatic carbocycles. The van der Waals surface area contributed by atoms with Gasteiger partial charge in [0.1, 0.15) is 0 Å². The molecule has 0 fully saturated rings. The second kappa shape index (κ2) is 4.99. The van der Waals surface area contributed by atoms with Crippen LogP contribution in [0, 0.1) is 0 Å². The van der Waals surface area contributed by atoms with Gasteiger partial charge in [-0.2, -0.15) is 0 Å². The molecule has 84 valence electrons. The molecule has 0 nitrogen and oxygen atoms in total. The third-order valence-corrected chi connectivity index (χ3v) is 12.7. The molecule has 0 bridgehead atoms. The molecule has 2 heteroatoms. The Morgan fingerprint density at radius 1 is 0.867 bits per heavy atom. The van der Waals surface area contributed by atoms with Crippen LogP contribution in [0.15, 0.2) is 24.3 Å². The van der Waals surface area contributed by atoms with Crippen LogP contribution in [0.25, 0.3) is 0 Å².